The Bertz CT molecular complexity index is 366. The molecule has 0 N–H and O–H groups in total. The fraction of sp³-hybridized carbons (Fsp3) is 0.714. The molecule has 102 valence electrons. The number of unbranched alkanes of at least 4 members (excludes halogenated alkanes) is 2. The Morgan fingerprint density at radius 2 is 1.94 bits per heavy atom. The predicted octanol–water partition coefficient (Wildman–Crippen LogP) is 3.75. The van der Waals surface area contributed by atoms with Crippen LogP contribution in [0.2, 0.25) is 0 Å². The summed E-state index contributed by atoms with van der Waals surface area (Å²) < 4.78 is 0. The molecule has 0 radical (unpaired) electrons. The van der Waals surface area contributed by atoms with Gasteiger partial charge in [0.1, 0.15) is 11.6 Å². The molecule has 0 aliphatic heterocycles. The zero-order chi connectivity index (χ0) is 13.5. The van der Waals surface area contributed by atoms with Gasteiger partial charge in [0.2, 0.25) is 0 Å². The zero-order valence-electron chi connectivity index (χ0n) is 11.9. The van der Waals surface area contributed by atoms with E-state index in [9.17, 15) is 0 Å². The van der Waals surface area contributed by atoms with Gasteiger partial charge in [-0.1, -0.05) is 20.3 Å². The molecule has 0 spiro atoms. The van der Waals surface area contributed by atoms with Crippen LogP contribution in [0, 0.1) is 6.92 Å². The van der Waals surface area contributed by atoms with Crippen molar-refractivity contribution in [3.63, 3.8) is 0 Å². The minimum atomic E-state index is 0.369. The lowest BCUT2D eigenvalue weighted by atomic mass is 10.2. The van der Waals surface area contributed by atoms with Gasteiger partial charge in [0.05, 0.1) is 0 Å². The van der Waals surface area contributed by atoms with E-state index in [0.29, 0.717) is 5.92 Å². The zero-order valence-corrected chi connectivity index (χ0v) is 12.7. The van der Waals surface area contributed by atoms with E-state index in [1.807, 2.05) is 13.0 Å². The maximum Gasteiger partial charge on any atom is 0.133 e. The van der Waals surface area contributed by atoms with Crippen molar-refractivity contribution < 1.29 is 0 Å². The smallest absolute Gasteiger partial charge is 0.133 e. The Hall–Kier alpha value is -0.830. The van der Waals surface area contributed by atoms with E-state index in [1.165, 1.54) is 6.42 Å². The largest absolute Gasteiger partial charge is 0.360 e. The molecule has 0 amide bonds. The third-order valence-corrected chi connectivity index (χ3v) is 3.16. The number of rotatable bonds is 7. The van der Waals surface area contributed by atoms with Crippen LogP contribution in [-0.4, -0.2) is 29.4 Å². The number of anilines is 1. The summed E-state index contributed by atoms with van der Waals surface area (Å²) >= 11 is 5.68. The van der Waals surface area contributed by atoms with Crippen molar-refractivity contribution in [2.45, 2.75) is 46.0 Å². The second-order valence-electron chi connectivity index (χ2n) is 5.05. The highest BCUT2D eigenvalue weighted by atomic mass is 35.5. The molecule has 0 unspecified atom stereocenters. The van der Waals surface area contributed by atoms with Gasteiger partial charge in [-0.25, -0.2) is 9.97 Å². The first kappa shape index (κ1) is 15.2. The van der Waals surface area contributed by atoms with Crippen molar-refractivity contribution in [1.82, 2.24) is 9.97 Å². The number of nitrogens with zero attached hydrogens (tertiary/aromatic N) is 3. The van der Waals surface area contributed by atoms with Gasteiger partial charge in [-0.3, -0.25) is 0 Å². The highest BCUT2D eigenvalue weighted by molar-refractivity contribution is 6.17. The van der Waals surface area contributed by atoms with Crippen LogP contribution in [-0.2, 0) is 0 Å². The first-order valence-electron chi connectivity index (χ1n) is 6.67. The lowest BCUT2D eigenvalue weighted by molar-refractivity contribution is 0.696. The second-order valence-corrected chi connectivity index (χ2v) is 5.43. The minimum Gasteiger partial charge on any atom is -0.360 e. The standard InChI is InChI=1S/C14H24ClN3/c1-11(2)14-16-12(3)10-13(17-14)18(4)9-7-5-6-8-15/h10-11H,5-9H2,1-4H3. The molecule has 1 aromatic heterocycles. The fourth-order valence-corrected chi connectivity index (χ4v) is 1.95. The van der Waals surface area contributed by atoms with E-state index in [1.54, 1.807) is 0 Å². The molecule has 0 fully saturated rings. The van der Waals surface area contributed by atoms with Gasteiger partial charge in [0, 0.05) is 37.2 Å². The van der Waals surface area contributed by atoms with Crippen molar-refractivity contribution in [2.75, 3.05) is 24.4 Å². The lowest BCUT2D eigenvalue weighted by Gasteiger charge is -2.19. The van der Waals surface area contributed by atoms with Crippen molar-refractivity contribution in [1.29, 1.82) is 0 Å². The molecular formula is C14H24ClN3. The van der Waals surface area contributed by atoms with Gasteiger partial charge >= 0.3 is 0 Å². The summed E-state index contributed by atoms with van der Waals surface area (Å²) in [5.74, 6) is 3.08. The maximum atomic E-state index is 5.68. The van der Waals surface area contributed by atoms with Crippen LogP contribution in [0.4, 0.5) is 5.82 Å². The van der Waals surface area contributed by atoms with Gasteiger partial charge in [-0.2, -0.15) is 0 Å². The molecule has 4 heteroatoms. The van der Waals surface area contributed by atoms with Crippen molar-refractivity contribution in [3.05, 3.63) is 17.6 Å². The molecule has 1 heterocycles. The van der Waals surface area contributed by atoms with Gasteiger partial charge < -0.3 is 4.90 Å². The van der Waals surface area contributed by atoms with Gasteiger partial charge in [-0.05, 0) is 19.8 Å². The molecule has 0 atom stereocenters. The van der Waals surface area contributed by atoms with Crippen molar-refractivity contribution >= 4 is 17.4 Å². The normalized spacial score (nSPS) is 11.0. The Kier molecular flexibility index (Phi) is 6.41. The molecule has 0 aliphatic carbocycles. The first-order chi connectivity index (χ1) is 8.54. The van der Waals surface area contributed by atoms with Crippen LogP contribution in [0.1, 0.15) is 50.5 Å². The Balaban J connectivity index is 2.64. The van der Waals surface area contributed by atoms with Gasteiger partial charge in [-0.15, -0.1) is 11.6 Å². The van der Waals surface area contributed by atoms with E-state index >= 15 is 0 Å². The van der Waals surface area contributed by atoms with E-state index in [2.05, 4.69) is 35.8 Å². The number of aromatic nitrogens is 2. The Morgan fingerprint density at radius 1 is 1.22 bits per heavy atom. The SMILES string of the molecule is Cc1cc(N(C)CCCCCCl)nc(C(C)C)n1. The number of alkyl halides is 1. The monoisotopic (exact) mass is 269 g/mol. The number of hydrogen-bond donors (Lipinski definition) is 0. The molecule has 18 heavy (non-hydrogen) atoms. The summed E-state index contributed by atoms with van der Waals surface area (Å²) in [6.07, 6.45) is 3.42. The molecule has 1 rings (SSSR count). The molecular weight excluding hydrogens is 246 g/mol. The number of hydrogen-bond acceptors (Lipinski definition) is 3. The van der Waals surface area contributed by atoms with E-state index in [0.717, 1.165) is 42.6 Å². The molecule has 0 saturated carbocycles. The average molecular weight is 270 g/mol. The number of halogens is 1. The molecule has 0 bridgehead atoms. The van der Waals surface area contributed by atoms with Gasteiger partial charge in [0.15, 0.2) is 0 Å². The van der Waals surface area contributed by atoms with E-state index in [4.69, 9.17) is 11.6 Å². The first-order valence-corrected chi connectivity index (χ1v) is 7.20. The minimum absolute atomic E-state index is 0.369. The summed E-state index contributed by atoms with van der Waals surface area (Å²) in [5, 5.41) is 0. The van der Waals surface area contributed by atoms with Crippen molar-refractivity contribution in [3.8, 4) is 0 Å². The molecule has 0 saturated heterocycles. The van der Waals surface area contributed by atoms with Crippen molar-refractivity contribution in [2.24, 2.45) is 0 Å². The van der Waals surface area contributed by atoms with Crippen LogP contribution in [0.25, 0.3) is 0 Å². The lowest BCUT2D eigenvalue weighted by Crippen LogP contribution is -2.21. The highest BCUT2D eigenvalue weighted by Crippen LogP contribution is 2.16. The molecule has 1 aromatic rings. The van der Waals surface area contributed by atoms with Crippen LogP contribution in [0.15, 0.2) is 6.07 Å². The Morgan fingerprint density at radius 3 is 2.56 bits per heavy atom. The summed E-state index contributed by atoms with van der Waals surface area (Å²) in [6.45, 7) is 7.29. The maximum absolute atomic E-state index is 5.68. The topological polar surface area (TPSA) is 29.0 Å². The summed E-state index contributed by atoms with van der Waals surface area (Å²) in [5.41, 5.74) is 1.04. The molecule has 3 nitrogen and oxygen atoms in total. The van der Waals surface area contributed by atoms with E-state index in [-0.39, 0.29) is 0 Å². The van der Waals surface area contributed by atoms with E-state index < -0.39 is 0 Å². The summed E-state index contributed by atoms with van der Waals surface area (Å²) in [7, 11) is 2.09. The van der Waals surface area contributed by atoms with Crippen LogP contribution in [0.3, 0.4) is 0 Å². The molecule has 0 aliphatic rings. The third-order valence-electron chi connectivity index (χ3n) is 2.89. The average Bonchev–Trinajstić information content (AvgIpc) is 2.33. The van der Waals surface area contributed by atoms with Crippen LogP contribution >= 0.6 is 11.6 Å². The van der Waals surface area contributed by atoms with Crippen LogP contribution in [0.5, 0.6) is 0 Å². The fourth-order valence-electron chi connectivity index (χ4n) is 1.76. The quantitative estimate of drug-likeness (QED) is 0.558. The van der Waals surface area contributed by atoms with Gasteiger partial charge in [0.25, 0.3) is 0 Å². The van der Waals surface area contributed by atoms with Crippen LogP contribution < -0.4 is 4.90 Å². The Labute approximate surface area is 116 Å². The summed E-state index contributed by atoms with van der Waals surface area (Å²) in [6, 6.07) is 2.05. The summed E-state index contributed by atoms with van der Waals surface area (Å²) in [4.78, 5) is 11.3. The highest BCUT2D eigenvalue weighted by Gasteiger charge is 2.09. The molecule has 0 aromatic carbocycles. The second kappa shape index (κ2) is 7.57. The number of aryl methyl sites for hydroxylation is 1. The predicted molar refractivity (Wildman–Crippen MR) is 78.7 cm³/mol. The third kappa shape index (κ3) is 4.81.